The Kier molecular flexibility index (Phi) is 3.80. The molecule has 6 nitrogen and oxygen atoms in total. The third-order valence-electron chi connectivity index (χ3n) is 3.04. The van der Waals surface area contributed by atoms with Gasteiger partial charge in [0.05, 0.1) is 17.5 Å². The van der Waals surface area contributed by atoms with Gasteiger partial charge in [-0.1, -0.05) is 18.2 Å². The van der Waals surface area contributed by atoms with Crippen molar-refractivity contribution in [1.82, 2.24) is 4.98 Å². The molecular weight excluding hydrogens is 270 g/mol. The average Bonchev–Trinajstić information content (AvgIpc) is 2.35. The van der Waals surface area contributed by atoms with Crippen LogP contribution in [0.5, 0.6) is 0 Å². The lowest BCUT2D eigenvalue weighted by molar-refractivity contribution is -0.137. The maximum Gasteiger partial charge on any atom is 0.305 e. The van der Waals surface area contributed by atoms with E-state index < -0.39 is 17.4 Å². The summed E-state index contributed by atoms with van der Waals surface area (Å²) in [5, 5.41) is 12.7. The summed E-state index contributed by atoms with van der Waals surface area (Å²) < 4.78 is 0. The number of aromatic nitrogens is 1. The van der Waals surface area contributed by atoms with Gasteiger partial charge < -0.3 is 16.2 Å². The number of aliphatic carboxylic acids is 1. The van der Waals surface area contributed by atoms with E-state index in [2.05, 4.69) is 10.3 Å². The topological polar surface area (TPSA) is 105 Å². The van der Waals surface area contributed by atoms with Crippen molar-refractivity contribution >= 4 is 28.6 Å². The number of fused-ring (bicyclic) bond motifs is 1. The van der Waals surface area contributed by atoms with Crippen LogP contribution in [0.1, 0.15) is 30.6 Å². The summed E-state index contributed by atoms with van der Waals surface area (Å²) in [7, 11) is 0. The molecule has 1 amide bonds. The van der Waals surface area contributed by atoms with Crippen molar-refractivity contribution in [2.75, 3.05) is 5.32 Å². The van der Waals surface area contributed by atoms with Crippen LogP contribution < -0.4 is 11.1 Å². The van der Waals surface area contributed by atoms with Crippen LogP contribution in [-0.4, -0.2) is 27.5 Å². The zero-order valence-electron chi connectivity index (χ0n) is 11.9. The number of hydrogen-bond donors (Lipinski definition) is 3. The maximum atomic E-state index is 11.6. The molecule has 0 unspecified atom stereocenters. The predicted octanol–water partition coefficient (Wildman–Crippen LogP) is 2.00. The average molecular weight is 287 g/mol. The number of pyridine rings is 1. The van der Waals surface area contributed by atoms with Gasteiger partial charge in [0.1, 0.15) is 5.82 Å². The molecule has 0 aliphatic heterocycles. The Balaban J connectivity index is 2.48. The summed E-state index contributed by atoms with van der Waals surface area (Å²) >= 11 is 0. The third kappa shape index (κ3) is 3.47. The summed E-state index contributed by atoms with van der Waals surface area (Å²) in [5.41, 5.74) is 5.58. The molecule has 21 heavy (non-hydrogen) atoms. The minimum absolute atomic E-state index is 0.111. The summed E-state index contributed by atoms with van der Waals surface area (Å²) in [4.78, 5) is 26.9. The SMILES string of the molecule is CC(C)(CC(=O)O)Nc1nc2ccccc2cc1C(N)=O. The molecule has 0 aliphatic rings. The molecule has 0 saturated heterocycles. The van der Waals surface area contributed by atoms with Gasteiger partial charge in [0.15, 0.2) is 0 Å². The Morgan fingerprint density at radius 3 is 2.62 bits per heavy atom. The first-order valence-electron chi connectivity index (χ1n) is 6.48. The number of carboxylic acid groups (broad SMARTS) is 1. The van der Waals surface area contributed by atoms with Gasteiger partial charge in [-0.2, -0.15) is 0 Å². The van der Waals surface area contributed by atoms with Crippen LogP contribution in [0.3, 0.4) is 0 Å². The second-order valence-electron chi connectivity index (χ2n) is 5.52. The first-order valence-corrected chi connectivity index (χ1v) is 6.48. The van der Waals surface area contributed by atoms with E-state index in [0.717, 1.165) is 5.39 Å². The van der Waals surface area contributed by atoms with Crippen LogP contribution in [0.25, 0.3) is 10.9 Å². The van der Waals surface area contributed by atoms with Gasteiger partial charge in [-0.15, -0.1) is 0 Å². The second kappa shape index (κ2) is 5.40. The number of para-hydroxylation sites is 1. The number of nitrogens with two attached hydrogens (primary N) is 1. The Labute approximate surface area is 122 Å². The minimum atomic E-state index is -0.936. The molecule has 110 valence electrons. The Bertz CT molecular complexity index is 710. The highest BCUT2D eigenvalue weighted by molar-refractivity contribution is 6.01. The highest BCUT2D eigenvalue weighted by Crippen LogP contribution is 2.24. The lowest BCUT2D eigenvalue weighted by Crippen LogP contribution is -2.35. The van der Waals surface area contributed by atoms with Crippen LogP contribution in [0.2, 0.25) is 0 Å². The van der Waals surface area contributed by atoms with Gasteiger partial charge in [0.2, 0.25) is 0 Å². The highest BCUT2D eigenvalue weighted by Gasteiger charge is 2.24. The number of anilines is 1. The normalized spacial score (nSPS) is 11.3. The molecule has 0 saturated carbocycles. The van der Waals surface area contributed by atoms with Gasteiger partial charge in [0.25, 0.3) is 5.91 Å². The number of carbonyl (C=O) groups is 2. The number of carboxylic acids is 1. The van der Waals surface area contributed by atoms with E-state index >= 15 is 0 Å². The van der Waals surface area contributed by atoms with Gasteiger partial charge in [-0.05, 0) is 26.0 Å². The first-order chi connectivity index (χ1) is 9.78. The van der Waals surface area contributed by atoms with E-state index in [0.29, 0.717) is 11.3 Å². The molecular formula is C15H17N3O3. The Morgan fingerprint density at radius 2 is 2.00 bits per heavy atom. The lowest BCUT2D eigenvalue weighted by atomic mass is 10.00. The molecule has 1 heterocycles. The van der Waals surface area contributed by atoms with E-state index in [1.165, 1.54) is 0 Å². The summed E-state index contributed by atoms with van der Waals surface area (Å²) in [5.74, 6) is -1.25. The molecule has 0 bridgehead atoms. The van der Waals surface area contributed by atoms with Crippen molar-refractivity contribution in [1.29, 1.82) is 0 Å². The van der Waals surface area contributed by atoms with E-state index in [1.807, 2.05) is 24.3 Å². The number of benzene rings is 1. The van der Waals surface area contributed by atoms with Crippen molar-refractivity contribution in [2.24, 2.45) is 5.73 Å². The van der Waals surface area contributed by atoms with E-state index in [4.69, 9.17) is 10.8 Å². The van der Waals surface area contributed by atoms with E-state index in [-0.39, 0.29) is 12.0 Å². The van der Waals surface area contributed by atoms with Crippen LogP contribution in [0.15, 0.2) is 30.3 Å². The fraction of sp³-hybridized carbons (Fsp3) is 0.267. The van der Waals surface area contributed by atoms with Crippen molar-refractivity contribution < 1.29 is 14.7 Å². The number of hydrogen-bond acceptors (Lipinski definition) is 4. The van der Waals surface area contributed by atoms with Crippen molar-refractivity contribution in [3.8, 4) is 0 Å². The van der Waals surface area contributed by atoms with Crippen molar-refractivity contribution in [3.05, 3.63) is 35.9 Å². The summed E-state index contributed by atoms with van der Waals surface area (Å²) in [6, 6.07) is 8.99. The predicted molar refractivity (Wildman–Crippen MR) is 80.2 cm³/mol. The van der Waals surface area contributed by atoms with E-state index in [9.17, 15) is 9.59 Å². The Morgan fingerprint density at radius 1 is 1.33 bits per heavy atom. The number of carbonyl (C=O) groups excluding carboxylic acids is 1. The van der Waals surface area contributed by atoms with Crippen LogP contribution in [0, 0.1) is 0 Å². The monoisotopic (exact) mass is 287 g/mol. The number of primary amides is 1. The molecule has 0 aliphatic carbocycles. The van der Waals surface area contributed by atoms with Crippen LogP contribution in [-0.2, 0) is 4.79 Å². The molecule has 2 aromatic rings. The first kappa shape index (κ1) is 14.8. The molecule has 6 heteroatoms. The quantitative estimate of drug-likeness (QED) is 0.780. The van der Waals surface area contributed by atoms with Crippen LogP contribution in [0.4, 0.5) is 5.82 Å². The molecule has 0 fully saturated rings. The minimum Gasteiger partial charge on any atom is -0.481 e. The van der Waals surface area contributed by atoms with Crippen LogP contribution >= 0.6 is 0 Å². The molecule has 1 aromatic carbocycles. The molecule has 0 atom stereocenters. The zero-order chi connectivity index (χ0) is 15.6. The fourth-order valence-corrected chi connectivity index (χ4v) is 2.14. The molecule has 2 rings (SSSR count). The third-order valence-corrected chi connectivity index (χ3v) is 3.04. The van der Waals surface area contributed by atoms with Gasteiger partial charge >= 0.3 is 5.97 Å². The number of rotatable bonds is 5. The van der Waals surface area contributed by atoms with Gasteiger partial charge in [0, 0.05) is 10.9 Å². The van der Waals surface area contributed by atoms with Crippen molar-refractivity contribution in [2.45, 2.75) is 25.8 Å². The van der Waals surface area contributed by atoms with Crippen molar-refractivity contribution in [3.63, 3.8) is 0 Å². The highest BCUT2D eigenvalue weighted by atomic mass is 16.4. The fourth-order valence-electron chi connectivity index (χ4n) is 2.14. The zero-order valence-corrected chi connectivity index (χ0v) is 11.9. The van der Waals surface area contributed by atoms with E-state index in [1.54, 1.807) is 19.9 Å². The lowest BCUT2D eigenvalue weighted by Gasteiger charge is -2.26. The maximum absolute atomic E-state index is 11.6. The largest absolute Gasteiger partial charge is 0.481 e. The molecule has 0 spiro atoms. The smallest absolute Gasteiger partial charge is 0.305 e. The molecule has 0 radical (unpaired) electrons. The standard InChI is InChI=1S/C15H17N3O3/c1-15(2,8-12(19)20)18-14-10(13(16)21)7-9-5-3-4-6-11(9)17-14/h3-7H,8H2,1-2H3,(H2,16,21)(H,17,18)(H,19,20). The number of nitrogens with zero attached hydrogens (tertiary/aromatic N) is 1. The number of nitrogens with one attached hydrogen (secondary N) is 1. The Hall–Kier alpha value is -2.63. The second-order valence-corrected chi connectivity index (χ2v) is 5.52. The number of amides is 1. The van der Waals surface area contributed by atoms with Gasteiger partial charge in [-0.3, -0.25) is 9.59 Å². The molecule has 1 aromatic heterocycles. The van der Waals surface area contributed by atoms with Gasteiger partial charge in [-0.25, -0.2) is 4.98 Å². The summed E-state index contributed by atoms with van der Waals surface area (Å²) in [6.45, 7) is 3.45. The summed E-state index contributed by atoms with van der Waals surface area (Å²) in [6.07, 6.45) is -0.111. The molecule has 4 N–H and O–H groups in total.